The number of para-hydroxylation sites is 1. The number of aromatic nitrogens is 4. The van der Waals surface area contributed by atoms with Crippen LogP contribution in [-0.4, -0.2) is 38.0 Å². The van der Waals surface area contributed by atoms with Crippen LogP contribution in [0.2, 0.25) is 0 Å². The molecule has 0 unspecified atom stereocenters. The van der Waals surface area contributed by atoms with Gasteiger partial charge in [-0.25, -0.2) is 0 Å². The monoisotopic (exact) mass is 431 g/mol. The third kappa shape index (κ3) is 5.10. The van der Waals surface area contributed by atoms with Crippen LogP contribution in [0.15, 0.2) is 84.3 Å². The fourth-order valence-electron chi connectivity index (χ4n) is 2.99. The molecule has 31 heavy (non-hydrogen) atoms. The van der Waals surface area contributed by atoms with E-state index in [2.05, 4.69) is 20.5 Å². The lowest BCUT2D eigenvalue weighted by Gasteiger charge is -2.11. The van der Waals surface area contributed by atoms with E-state index >= 15 is 0 Å². The predicted octanol–water partition coefficient (Wildman–Crippen LogP) is 4.46. The molecule has 1 amide bonds. The average molecular weight is 432 g/mol. The molecule has 0 saturated carbocycles. The normalized spacial score (nSPS) is 10.6. The third-order valence-corrected chi connectivity index (χ3v) is 5.30. The Morgan fingerprint density at radius 3 is 2.45 bits per heavy atom. The van der Waals surface area contributed by atoms with Crippen molar-refractivity contribution in [1.29, 1.82) is 0 Å². The van der Waals surface area contributed by atoms with Crippen LogP contribution < -0.4 is 10.1 Å². The van der Waals surface area contributed by atoms with Crippen LogP contribution in [-0.2, 0) is 4.79 Å². The highest BCUT2D eigenvalue weighted by Gasteiger charge is 2.17. The van der Waals surface area contributed by atoms with Crippen LogP contribution >= 0.6 is 11.8 Å². The summed E-state index contributed by atoms with van der Waals surface area (Å²) < 4.78 is 7.49. The lowest BCUT2D eigenvalue weighted by molar-refractivity contribution is -0.113. The molecule has 0 spiro atoms. The highest BCUT2D eigenvalue weighted by molar-refractivity contribution is 7.99. The molecule has 0 aliphatic heterocycles. The van der Waals surface area contributed by atoms with Crippen LogP contribution in [0.25, 0.3) is 17.1 Å². The Labute approximate surface area is 184 Å². The molecular formula is C23H21N5O2S. The van der Waals surface area contributed by atoms with E-state index in [0.29, 0.717) is 17.6 Å². The first-order valence-electron chi connectivity index (χ1n) is 9.81. The number of nitrogens with zero attached hydrogens (tertiary/aromatic N) is 4. The molecule has 156 valence electrons. The summed E-state index contributed by atoms with van der Waals surface area (Å²) in [4.78, 5) is 16.5. The maximum atomic E-state index is 12.4. The second kappa shape index (κ2) is 9.90. The number of hydrogen-bond acceptors (Lipinski definition) is 6. The van der Waals surface area contributed by atoms with Crippen LogP contribution in [0.5, 0.6) is 5.75 Å². The summed E-state index contributed by atoms with van der Waals surface area (Å²) >= 11 is 1.33. The van der Waals surface area contributed by atoms with Gasteiger partial charge >= 0.3 is 0 Å². The Morgan fingerprint density at radius 2 is 1.74 bits per heavy atom. The number of anilines is 1. The lowest BCUT2D eigenvalue weighted by Crippen LogP contribution is -2.14. The van der Waals surface area contributed by atoms with E-state index < -0.39 is 0 Å². The average Bonchev–Trinajstić information content (AvgIpc) is 3.24. The molecule has 2 heterocycles. The van der Waals surface area contributed by atoms with Crippen molar-refractivity contribution in [3.63, 3.8) is 0 Å². The smallest absolute Gasteiger partial charge is 0.234 e. The molecule has 1 N–H and O–H groups in total. The van der Waals surface area contributed by atoms with Crippen LogP contribution in [0.1, 0.15) is 6.92 Å². The highest BCUT2D eigenvalue weighted by Crippen LogP contribution is 2.28. The maximum Gasteiger partial charge on any atom is 0.234 e. The van der Waals surface area contributed by atoms with Gasteiger partial charge in [-0.3, -0.25) is 14.3 Å². The zero-order valence-corrected chi connectivity index (χ0v) is 17.7. The van der Waals surface area contributed by atoms with Gasteiger partial charge in [-0.15, -0.1) is 10.2 Å². The number of carbonyl (C=O) groups is 1. The molecule has 0 radical (unpaired) electrons. The Bertz CT molecular complexity index is 1130. The van der Waals surface area contributed by atoms with E-state index in [1.165, 1.54) is 11.8 Å². The SMILES string of the molecule is CCOc1ccc(-n2c(SCC(=O)Nc3ccccc3)nnc2-c2ccncc2)cc1. The van der Waals surface area contributed by atoms with Crippen LogP contribution in [0.4, 0.5) is 5.69 Å². The number of benzene rings is 2. The molecule has 0 aliphatic rings. The standard InChI is InChI=1S/C23H21N5O2S/c1-2-30-20-10-8-19(9-11-20)28-22(17-12-14-24-15-13-17)26-27-23(28)31-16-21(29)25-18-6-4-3-5-7-18/h3-15H,2,16H2,1H3,(H,25,29). The van der Waals surface area contributed by atoms with E-state index in [1.54, 1.807) is 12.4 Å². The van der Waals surface area contributed by atoms with Crippen LogP contribution in [0.3, 0.4) is 0 Å². The first-order valence-corrected chi connectivity index (χ1v) is 10.8. The van der Waals surface area contributed by atoms with Crippen molar-refractivity contribution < 1.29 is 9.53 Å². The van der Waals surface area contributed by atoms with Gasteiger partial charge in [0.05, 0.1) is 12.4 Å². The molecule has 4 aromatic rings. The number of hydrogen-bond donors (Lipinski definition) is 1. The topological polar surface area (TPSA) is 81.9 Å². The molecular weight excluding hydrogens is 410 g/mol. The van der Waals surface area contributed by atoms with Crippen LogP contribution in [0, 0.1) is 0 Å². The lowest BCUT2D eigenvalue weighted by atomic mass is 10.2. The molecule has 8 heteroatoms. The van der Waals surface area contributed by atoms with E-state index in [0.717, 1.165) is 22.7 Å². The number of carbonyl (C=O) groups excluding carboxylic acids is 1. The summed E-state index contributed by atoms with van der Waals surface area (Å²) in [6.07, 6.45) is 3.43. The van der Waals surface area contributed by atoms with E-state index in [-0.39, 0.29) is 11.7 Å². The molecule has 2 aromatic carbocycles. The molecule has 0 saturated heterocycles. The molecule has 0 bridgehead atoms. The van der Waals surface area contributed by atoms with Gasteiger partial charge in [-0.05, 0) is 55.5 Å². The van der Waals surface area contributed by atoms with Gasteiger partial charge in [-0.1, -0.05) is 30.0 Å². The second-order valence-electron chi connectivity index (χ2n) is 6.51. The van der Waals surface area contributed by atoms with Gasteiger partial charge in [0.1, 0.15) is 5.75 Å². The van der Waals surface area contributed by atoms with Gasteiger partial charge in [0.2, 0.25) is 5.91 Å². The first kappa shape index (κ1) is 20.6. The maximum absolute atomic E-state index is 12.4. The van der Waals surface area contributed by atoms with Gasteiger partial charge in [0.25, 0.3) is 0 Å². The van der Waals surface area contributed by atoms with E-state index in [4.69, 9.17) is 4.74 Å². The number of rotatable bonds is 8. The fourth-order valence-corrected chi connectivity index (χ4v) is 3.74. The quantitative estimate of drug-likeness (QED) is 0.415. The van der Waals surface area contributed by atoms with Crippen molar-refractivity contribution in [3.05, 3.63) is 79.1 Å². The summed E-state index contributed by atoms with van der Waals surface area (Å²) in [5.74, 6) is 1.57. The van der Waals surface area contributed by atoms with E-state index in [9.17, 15) is 4.79 Å². The zero-order chi connectivity index (χ0) is 21.5. The Hall–Kier alpha value is -3.65. The van der Waals surface area contributed by atoms with Gasteiger partial charge < -0.3 is 10.1 Å². The molecule has 7 nitrogen and oxygen atoms in total. The molecule has 0 aliphatic carbocycles. The zero-order valence-electron chi connectivity index (χ0n) is 16.9. The van der Waals surface area contributed by atoms with Crippen molar-refractivity contribution in [2.45, 2.75) is 12.1 Å². The number of amides is 1. The highest BCUT2D eigenvalue weighted by atomic mass is 32.2. The van der Waals surface area contributed by atoms with Crippen molar-refractivity contribution in [1.82, 2.24) is 19.7 Å². The van der Waals surface area contributed by atoms with Crippen molar-refractivity contribution in [2.24, 2.45) is 0 Å². The number of pyridine rings is 1. The molecule has 2 aromatic heterocycles. The van der Waals surface area contributed by atoms with Gasteiger partial charge in [-0.2, -0.15) is 0 Å². The molecule has 0 fully saturated rings. The fraction of sp³-hybridized carbons (Fsp3) is 0.130. The number of ether oxygens (including phenoxy) is 1. The molecule has 4 rings (SSSR count). The second-order valence-corrected chi connectivity index (χ2v) is 7.45. The van der Waals surface area contributed by atoms with Crippen molar-refractivity contribution in [2.75, 3.05) is 17.7 Å². The summed E-state index contributed by atoms with van der Waals surface area (Å²) in [6, 6.07) is 20.9. The third-order valence-electron chi connectivity index (χ3n) is 4.37. The molecule has 0 atom stereocenters. The first-order chi connectivity index (χ1) is 15.2. The minimum atomic E-state index is -0.108. The Kier molecular flexibility index (Phi) is 6.59. The predicted molar refractivity (Wildman–Crippen MR) is 122 cm³/mol. The Morgan fingerprint density at radius 1 is 1.00 bits per heavy atom. The summed E-state index contributed by atoms with van der Waals surface area (Å²) in [6.45, 7) is 2.55. The Balaban J connectivity index is 1.60. The van der Waals surface area contributed by atoms with Crippen molar-refractivity contribution >= 4 is 23.4 Å². The van der Waals surface area contributed by atoms with Gasteiger partial charge in [0, 0.05) is 29.3 Å². The summed E-state index contributed by atoms with van der Waals surface area (Å²) in [5.41, 5.74) is 2.53. The minimum absolute atomic E-state index is 0.108. The van der Waals surface area contributed by atoms with E-state index in [1.807, 2.05) is 78.2 Å². The largest absolute Gasteiger partial charge is 0.494 e. The van der Waals surface area contributed by atoms with Crippen molar-refractivity contribution in [3.8, 4) is 22.8 Å². The minimum Gasteiger partial charge on any atom is -0.494 e. The summed E-state index contributed by atoms with van der Waals surface area (Å²) in [7, 11) is 0. The van der Waals surface area contributed by atoms with Gasteiger partial charge in [0.15, 0.2) is 11.0 Å². The number of nitrogens with one attached hydrogen (secondary N) is 1. The number of thioether (sulfide) groups is 1. The summed E-state index contributed by atoms with van der Waals surface area (Å²) in [5, 5.41) is 12.2.